The predicted molar refractivity (Wildman–Crippen MR) is 79.9 cm³/mol. The van der Waals surface area contributed by atoms with Crippen LogP contribution in [0, 0.1) is 12.7 Å². The highest BCUT2D eigenvalue weighted by molar-refractivity contribution is 7.89. The summed E-state index contributed by atoms with van der Waals surface area (Å²) in [7, 11) is -1.73. The van der Waals surface area contributed by atoms with Crippen LogP contribution in [0.2, 0.25) is 0 Å². The van der Waals surface area contributed by atoms with E-state index < -0.39 is 15.8 Å². The van der Waals surface area contributed by atoms with Gasteiger partial charge in [-0.3, -0.25) is 0 Å². The minimum absolute atomic E-state index is 0.0275. The third-order valence-corrected chi connectivity index (χ3v) is 6.12. The van der Waals surface area contributed by atoms with Gasteiger partial charge in [-0.1, -0.05) is 0 Å². The van der Waals surface area contributed by atoms with Gasteiger partial charge in [0.05, 0.1) is 4.90 Å². The molecule has 2 N–H and O–H groups in total. The Morgan fingerprint density at radius 2 is 2.05 bits per heavy atom. The van der Waals surface area contributed by atoms with E-state index in [0.717, 1.165) is 0 Å². The molecular weight excluding hydrogens is 293 g/mol. The molecule has 2 rings (SSSR count). The fourth-order valence-corrected chi connectivity index (χ4v) is 4.26. The van der Waals surface area contributed by atoms with Gasteiger partial charge >= 0.3 is 0 Å². The van der Waals surface area contributed by atoms with E-state index in [2.05, 4.69) is 4.90 Å². The predicted octanol–water partition coefficient (Wildman–Crippen LogP) is 0.917. The molecule has 1 unspecified atom stereocenters. The van der Waals surface area contributed by atoms with Crippen molar-refractivity contribution in [3.63, 3.8) is 0 Å². The normalized spacial score (nSPS) is 21.7. The smallest absolute Gasteiger partial charge is 0.243 e. The summed E-state index contributed by atoms with van der Waals surface area (Å²) in [5.41, 5.74) is 6.15. The van der Waals surface area contributed by atoms with Gasteiger partial charge in [-0.15, -0.1) is 0 Å². The fourth-order valence-electron chi connectivity index (χ4n) is 2.47. The van der Waals surface area contributed by atoms with Gasteiger partial charge in [0.2, 0.25) is 10.0 Å². The number of nitrogens with two attached hydrogens (primary N) is 1. The Bertz CT molecular complexity index is 633. The standard InChI is InChI=1S/C14H22FN3O2S/c1-10-9-18(5-4-17(10)3)21(19,20)14-7-12(8-16)6-13(15)11(14)2/h6-7,10H,4-5,8-9,16H2,1-3H3. The molecule has 118 valence electrons. The van der Waals surface area contributed by atoms with Crippen LogP contribution in [0.5, 0.6) is 0 Å². The number of likely N-dealkylation sites (N-methyl/N-ethyl adjacent to an activating group) is 1. The summed E-state index contributed by atoms with van der Waals surface area (Å²) in [6.45, 7) is 5.06. The first-order valence-corrected chi connectivity index (χ1v) is 8.41. The minimum Gasteiger partial charge on any atom is -0.326 e. The Balaban J connectivity index is 2.42. The van der Waals surface area contributed by atoms with Crippen LogP contribution >= 0.6 is 0 Å². The van der Waals surface area contributed by atoms with Crippen molar-refractivity contribution in [2.45, 2.75) is 31.3 Å². The quantitative estimate of drug-likeness (QED) is 0.901. The summed E-state index contributed by atoms with van der Waals surface area (Å²) in [5, 5.41) is 0. The molecule has 0 saturated carbocycles. The van der Waals surface area contributed by atoms with Crippen LogP contribution in [0.1, 0.15) is 18.1 Å². The lowest BCUT2D eigenvalue weighted by atomic mass is 10.1. The molecule has 1 atom stereocenters. The minimum atomic E-state index is -3.69. The van der Waals surface area contributed by atoms with Crippen LogP contribution in [0.4, 0.5) is 4.39 Å². The number of rotatable bonds is 3. The largest absolute Gasteiger partial charge is 0.326 e. The van der Waals surface area contributed by atoms with Crippen molar-refractivity contribution in [1.82, 2.24) is 9.21 Å². The van der Waals surface area contributed by atoms with Crippen LogP contribution in [-0.2, 0) is 16.6 Å². The molecule has 5 nitrogen and oxygen atoms in total. The molecule has 0 amide bonds. The summed E-state index contributed by atoms with van der Waals surface area (Å²) < 4.78 is 40.9. The molecule has 1 aromatic rings. The summed E-state index contributed by atoms with van der Waals surface area (Å²) >= 11 is 0. The monoisotopic (exact) mass is 315 g/mol. The van der Waals surface area contributed by atoms with Crippen molar-refractivity contribution in [3.05, 3.63) is 29.1 Å². The molecule has 0 spiro atoms. The van der Waals surface area contributed by atoms with Crippen molar-refractivity contribution in [1.29, 1.82) is 0 Å². The average molecular weight is 315 g/mol. The molecule has 0 bridgehead atoms. The Kier molecular flexibility index (Phi) is 4.67. The van der Waals surface area contributed by atoms with E-state index in [4.69, 9.17) is 5.73 Å². The zero-order chi connectivity index (χ0) is 15.8. The molecule has 1 heterocycles. The van der Waals surface area contributed by atoms with Crippen molar-refractivity contribution < 1.29 is 12.8 Å². The molecule has 1 fully saturated rings. The molecule has 0 radical (unpaired) electrons. The van der Waals surface area contributed by atoms with E-state index in [0.29, 0.717) is 25.2 Å². The molecule has 1 aromatic carbocycles. The third kappa shape index (κ3) is 3.11. The molecule has 1 saturated heterocycles. The third-order valence-electron chi connectivity index (χ3n) is 4.13. The lowest BCUT2D eigenvalue weighted by Gasteiger charge is -2.37. The lowest BCUT2D eigenvalue weighted by Crippen LogP contribution is -2.51. The van der Waals surface area contributed by atoms with Gasteiger partial charge in [-0.2, -0.15) is 4.31 Å². The van der Waals surface area contributed by atoms with Crippen LogP contribution in [0.25, 0.3) is 0 Å². The second-order valence-electron chi connectivity index (χ2n) is 5.60. The van der Waals surface area contributed by atoms with Gasteiger partial charge in [0, 0.05) is 37.8 Å². The Morgan fingerprint density at radius 1 is 1.38 bits per heavy atom. The highest BCUT2D eigenvalue weighted by Gasteiger charge is 2.32. The number of hydrogen-bond acceptors (Lipinski definition) is 4. The van der Waals surface area contributed by atoms with E-state index in [1.807, 2.05) is 14.0 Å². The van der Waals surface area contributed by atoms with E-state index >= 15 is 0 Å². The second kappa shape index (κ2) is 6.00. The summed E-state index contributed by atoms with van der Waals surface area (Å²) in [6, 6.07) is 2.91. The molecular formula is C14H22FN3O2S. The summed E-state index contributed by atoms with van der Waals surface area (Å²) in [4.78, 5) is 2.13. The van der Waals surface area contributed by atoms with E-state index in [1.54, 1.807) is 0 Å². The van der Waals surface area contributed by atoms with Gasteiger partial charge in [0.15, 0.2) is 0 Å². The van der Waals surface area contributed by atoms with Crippen molar-refractivity contribution in [2.24, 2.45) is 5.73 Å². The zero-order valence-corrected chi connectivity index (χ0v) is 13.5. The molecule has 21 heavy (non-hydrogen) atoms. The highest BCUT2D eigenvalue weighted by atomic mass is 32.2. The number of sulfonamides is 1. The van der Waals surface area contributed by atoms with Crippen molar-refractivity contribution >= 4 is 10.0 Å². The zero-order valence-electron chi connectivity index (χ0n) is 12.6. The molecule has 7 heteroatoms. The van der Waals surface area contributed by atoms with Gasteiger partial charge in [0.25, 0.3) is 0 Å². The van der Waals surface area contributed by atoms with Crippen molar-refractivity contribution in [3.8, 4) is 0 Å². The lowest BCUT2D eigenvalue weighted by molar-refractivity contribution is 0.159. The maximum absolute atomic E-state index is 13.9. The second-order valence-corrected chi connectivity index (χ2v) is 7.50. The van der Waals surface area contributed by atoms with Crippen LogP contribution in [0.15, 0.2) is 17.0 Å². The first-order valence-electron chi connectivity index (χ1n) is 6.97. The van der Waals surface area contributed by atoms with Crippen molar-refractivity contribution in [2.75, 3.05) is 26.7 Å². The van der Waals surface area contributed by atoms with E-state index in [-0.39, 0.29) is 23.0 Å². The number of hydrogen-bond donors (Lipinski definition) is 1. The number of benzene rings is 1. The van der Waals surface area contributed by atoms with Gasteiger partial charge in [-0.25, -0.2) is 12.8 Å². The summed E-state index contributed by atoms with van der Waals surface area (Å²) in [6.07, 6.45) is 0. The fraction of sp³-hybridized carbons (Fsp3) is 0.571. The maximum atomic E-state index is 13.9. The van der Waals surface area contributed by atoms with Crippen LogP contribution < -0.4 is 5.73 Å². The molecule has 1 aliphatic heterocycles. The van der Waals surface area contributed by atoms with E-state index in [9.17, 15) is 12.8 Å². The summed E-state index contributed by atoms with van der Waals surface area (Å²) in [5.74, 6) is -0.529. The first kappa shape index (κ1) is 16.4. The Hall–Kier alpha value is -1.02. The maximum Gasteiger partial charge on any atom is 0.243 e. The molecule has 1 aliphatic rings. The first-order chi connectivity index (χ1) is 9.77. The number of piperazine rings is 1. The number of halogens is 1. The van der Waals surface area contributed by atoms with E-state index in [1.165, 1.54) is 23.4 Å². The Labute approximate surface area is 125 Å². The van der Waals surface area contributed by atoms with Gasteiger partial charge in [-0.05, 0) is 38.6 Å². The molecule has 0 aromatic heterocycles. The topological polar surface area (TPSA) is 66.6 Å². The SMILES string of the molecule is Cc1c(F)cc(CN)cc1S(=O)(=O)N1CCN(C)C(C)C1. The van der Waals surface area contributed by atoms with Crippen LogP contribution in [0.3, 0.4) is 0 Å². The van der Waals surface area contributed by atoms with Gasteiger partial charge in [0.1, 0.15) is 5.82 Å². The van der Waals surface area contributed by atoms with Gasteiger partial charge < -0.3 is 10.6 Å². The average Bonchev–Trinajstić information content (AvgIpc) is 2.44. The highest BCUT2D eigenvalue weighted by Crippen LogP contribution is 2.25. The Morgan fingerprint density at radius 3 is 2.62 bits per heavy atom. The van der Waals surface area contributed by atoms with Crippen LogP contribution in [-0.4, -0.2) is 50.3 Å². The number of nitrogens with zero attached hydrogens (tertiary/aromatic N) is 2. The molecule has 0 aliphatic carbocycles.